The largest absolute Gasteiger partial charge is 0.385 e. The molecule has 18 heavy (non-hydrogen) atoms. The molecule has 1 rings (SSSR count). The third-order valence-corrected chi connectivity index (χ3v) is 3.65. The molecule has 1 aromatic heterocycles. The van der Waals surface area contributed by atoms with E-state index in [0.29, 0.717) is 6.04 Å². The van der Waals surface area contributed by atoms with Gasteiger partial charge in [0.1, 0.15) is 0 Å². The summed E-state index contributed by atoms with van der Waals surface area (Å²) in [5.74, 6) is 0. The summed E-state index contributed by atoms with van der Waals surface area (Å²) in [5, 5.41) is 8.68. The molecule has 1 unspecified atom stereocenters. The van der Waals surface area contributed by atoms with Gasteiger partial charge in [-0.1, -0.05) is 18.5 Å². The van der Waals surface area contributed by atoms with Crippen LogP contribution in [0.15, 0.2) is 0 Å². The second-order valence-corrected chi connectivity index (χ2v) is 4.73. The fourth-order valence-electron chi connectivity index (χ4n) is 2.05. The van der Waals surface area contributed by atoms with Crippen LogP contribution in [0.25, 0.3) is 0 Å². The summed E-state index contributed by atoms with van der Waals surface area (Å²) in [5.41, 5.74) is 2.13. The van der Waals surface area contributed by atoms with Crippen molar-refractivity contribution in [3.8, 4) is 0 Å². The van der Waals surface area contributed by atoms with Gasteiger partial charge in [-0.05, 0) is 26.8 Å². The minimum atomic E-state index is 0.370. The summed E-state index contributed by atoms with van der Waals surface area (Å²) in [7, 11) is 3.70. The number of methoxy groups -OCH3 is 1. The maximum absolute atomic E-state index is 6.40. The lowest BCUT2D eigenvalue weighted by atomic mass is 10.1. The topological polar surface area (TPSA) is 39.1 Å². The molecule has 0 aliphatic heterocycles. The van der Waals surface area contributed by atoms with Crippen molar-refractivity contribution in [2.45, 2.75) is 45.7 Å². The van der Waals surface area contributed by atoms with Crippen LogP contribution >= 0.6 is 11.6 Å². The number of halogens is 1. The zero-order valence-corrected chi connectivity index (χ0v) is 12.5. The van der Waals surface area contributed by atoms with Crippen molar-refractivity contribution in [3.05, 3.63) is 16.4 Å². The van der Waals surface area contributed by atoms with E-state index in [1.54, 1.807) is 7.11 Å². The van der Waals surface area contributed by atoms with Crippen LogP contribution in [0.2, 0.25) is 5.02 Å². The fourth-order valence-corrected chi connectivity index (χ4v) is 2.40. The Morgan fingerprint density at radius 1 is 1.44 bits per heavy atom. The first-order chi connectivity index (χ1) is 8.67. The van der Waals surface area contributed by atoms with Gasteiger partial charge in [0.2, 0.25) is 0 Å². The van der Waals surface area contributed by atoms with Crippen LogP contribution in [-0.4, -0.2) is 36.6 Å². The maximum atomic E-state index is 6.40. The van der Waals surface area contributed by atoms with E-state index >= 15 is 0 Å². The molecule has 0 aliphatic carbocycles. The summed E-state index contributed by atoms with van der Waals surface area (Å²) >= 11 is 6.40. The van der Waals surface area contributed by atoms with Gasteiger partial charge in [0.15, 0.2) is 0 Å². The predicted molar refractivity (Wildman–Crippen MR) is 75.3 cm³/mol. The zero-order valence-electron chi connectivity index (χ0n) is 11.8. The maximum Gasteiger partial charge on any atom is 0.0850 e. The molecule has 4 nitrogen and oxygen atoms in total. The second kappa shape index (κ2) is 7.77. The first-order valence-corrected chi connectivity index (χ1v) is 6.95. The molecule has 1 atom stereocenters. The van der Waals surface area contributed by atoms with Crippen molar-refractivity contribution in [3.63, 3.8) is 0 Å². The quantitative estimate of drug-likeness (QED) is 0.790. The minimum Gasteiger partial charge on any atom is -0.385 e. The summed E-state index contributed by atoms with van der Waals surface area (Å²) < 4.78 is 7.14. The van der Waals surface area contributed by atoms with Crippen LogP contribution in [0.1, 0.15) is 31.7 Å². The van der Waals surface area contributed by atoms with Crippen molar-refractivity contribution in [2.75, 3.05) is 20.8 Å². The number of rotatable bonds is 8. The van der Waals surface area contributed by atoms with Crippen LogP contribution in [-0.2, 0) is 24.1 Å². The Kier molecular flexibility index (Phi) is 6.68. The molecule has 1 aromatic rings. The van der Waals surface area contributed by atoms with Crippen LogP contribution in [0, 0.1) is 0 Å². The molecule has 0 spiro atoms. The molecule has 0 radical (unpaired) electrons. The SMILES string of the molecule is CCc1nn(CC)c(CC(CCOC)NC)c1Cl. The molecular weight excluding hydrogens is 250 g/mol. The summed E-state index contributed by atoms with van der Waals surface area (Å²) in [4.78, 5) is 0. The van der Waals surface area contributed by atoms with Crippen LogP contribution in [0.5, 0.6) is 0 Å². The minimum absolute atomic E-state index is 0.370. The van der Waals surface area contributed by atoms with E-state index in [0.717, 1.165) is 48.8 Å². The molecule has 1 N–H and O–H groups in total. The van der Waals surface area contributed by atoms with Crippen molar-refractivity contribution in [1.82, 2.24) is 15.1 Å². The summed E-state index contributed by atoms with van der Waals surface area (Å²) in [6.45, 7) is 5.79. The van der Waals surface area contributed by atoms with E-state index in [4.69, 9.17) is 16.3 Å². The fraction of sp³-hybridized carbons (Fsp3) is 0.769. The van der Waals surface area contributed by atoms with Gasteiger partial charge in [-0.25, -0.2) is 0 Å². The van der Waals surface area contributed by atoms with Gasteiger partial charge in [0, 0.05) is 32.7 Å². The van der Waals surface area contributed by atoms with Crippen molar-refractivity contribution < 1.29 is 4.74 Å². The van der Waals surface area contributed by atoms with Gasteiger partial charge in [-0.15, -0.1) is 0 Å². The Labute approximate surface area is 115 Å². The predicted octanol–water partition coefficient (Wildman–Crippen LogP) is 2.29. The van der Waals surface area contributed by atoms with E-state index in [9.17, 15) is 0 Å². The lowest BCUT2D eigenvalue weighted by Gasteiger charge is -2.16. The average molecular weight is 274 g/mol. The van der Waals surface area contributed by atoms with Gasteiger partial charge in [-0.3, -0.25) is 4.68 Å². The number of aryl methyl sites for hydroxylation is 2. The third kappa shape index (κ3) is 3.70. The number of hydrogen-bond acceptors (Lipinski definition) is 3. The summed E-state index contributed by atoms with van der Waals surface area (Å²) in [6.07, 6.45) is 2.74. The summed E-state index contributed by atoms with van der Waals surface area (Å²) in [6, 6.07) is 0.370. The average Bonchev–Trinajstić information content (AvgIpc) is 2.70. The number of nitrogens with one attached hydrogen (secondary N) is 1. The van der Waals surface area contributed by atoms with Crippen LogP contribution < -0.4 is 5.32 Å². The second-order valence-electron chi connectivity index (χ2n) is 4.35. The van der Waals surface area contributed by atoms with Gasteiger partial charge in [0.25, 0.3) is 0 Å². The number of aromatic nitrogens is 2. The third-order valence-electron chi connectivity index (χ3n) is 3.21. The Morgan fingerprint density at radius 3 is 2.67 bits per heavy atom. The highest BCUT2D eigenvalue weighted by molar-refractivity contribution is 6.31. The normalized spacial score (nSPS) is 12.9. The molecule has 0 saturated carbocycles. The van der Waals surface area contributed by atoms with Gasteiger partial charge in [-0.2, -0.15) is 5.10 Å². The molecule has 0 bridgehead atoms. The lowest BCUT2D eigenvalue weighted by Crippen LogP contribution is -2.30. The Bertz CT molecular complexity index is 365. The first kappa shape index (κ1) is 15.5. The standard InChI is InChI=1S/C13H24ClN3O/c1-5-11-13(14)12(17(6-2)16-11)9-10(15-3)7-8-18-4/h10,15H,5-9H2,1-4H3. The monoisotopic (exact) mass is 273 g/mol. The Morgan fingerprint density at radius 2 is 2.17 bits per heavy atom. The van der Waals surface area contributed by atoms with Crippen LogP contribution in [0.3, 0.4) is 0 Å². The van der Waals surface area contributed by atoms with Crippen LogP contribution in [0.4, 0.5) is 0 Å². The van der Waals surface area contributed by atoms with E-state index in [1.807, 2.05) is 11.7 Å². The number of likely N-dealkylation sites (N-methyl/N-ethyl adjacent to an activating group) is 1. The highest BCUT2D eigenvalue weighted by Crippen LogP contribution is 2.23. The molecule has 0 saturated heterocycles. The molecule has 0 aromatic carbocycles. The van der Waals surface area contributed by atoms with Crippen molar-refractivity contribution in [2.24, 2.45) is 0 Å². The van der Waals surface area contributed by atoms with Crippen molar-refractivity contribution >= 4 is 11.6 Å². The molecule has 5 heteroatoms. The van der Waals surface area contributed by atoms with Crippen molar-refractivity contribution in [1.29, 1.82) is 0 Å². The number of ether oxygens (including phenoxy) is 1. The van der Waals surface area contributed by atoms with Gasteiger partial charge >= 0.3 is 0 Å². The molecule has 1 heterocycles. The molecular formula is C13H24ClN3O. The lowest BCUT2D eigenvalue weighted by molar-refractivity contribution is 0.183. The number of nitrogens with zero attached hydrogens (tertiary/aromatic N) is 2. The zero-order chi connectivity index (χ0) is 13.5. The van der Waals surface area contributed by atoms with E-state index in [2.05, 4.69) is 24.3 Å². The first-order valence-electron chi connectivity index (χ1n) is 6.58. The van der Waals surface area contributed by atoms with E-state index in [-0.39, 0.29) is 0 Å². The Balaban J connectivity index is 2.83. The molecule has 104 valence electrons. The Hall–Kier alpha value is -0.580. The van der Waals surface area contributed by atoms with E-state index < -0.39 is 0 Å². The highest BCUT2D eigenvalue weighted by Gasteiger charge is 2.17. The molecule has 0 aliphatic rings. The van der Waals surface area contributed by atoms with Gasteiger partial charge in [0.05, 0.1) is 16.4 Å². The molecule has 0 fully saturated rings. The number of hydrogen-bond donors (Lipinski definition) is 1. The highest BCUT2D eigenvalue weighted by atomic mass is 35.5. The smallest absolute Gasteiger partial charge is 0.0850 e. The molecule has 0 amide bonds. The van der Waals surface area contributed by atoms with E-state index in [1.165, 1.54) is 0 Å². The van der Waals surface area contributed by atoms with Gasteiger partial charge < -0.3 is 10.1 Å².